The van der Waals surface area contributed by atoms with Crippen LogP contribution in [-0.4, -0.2) is 20.4 Å². The predicted octanol–water partition coefficient (Wildman–Crippen LogP) is 5.13. The summed E-state index contributed by atoms with van der Waals surface area (Å²) < 4.78 is 33.9. The van der Waals surface area contributed by atoms with Gasteiger partial charge in [-0.3, -0.25) is 9.52 Å². The van der Waals surface area contributed by atoms with E-state index in [1.54, 1.807) is 25.1 Å². The van der Waals surface area contributed by atoms with Crippen LogP contribution in [0.4, 0.5) is 11.4 Å². The van der Waals surface area contributed by atoms with Crippen molar-refractivity contribution in [2.45, 2.75) is 45.6 Å². The summed E-state index contributed by atoms with van der Waals surface area (Å²) in [6.45, 7) is 9.40. The van der Waals surface area contributed by atoms with Crippen LogP contribution >= 0.6 is 0 Å². The second-order valence-corrected chi connectivity index (χ2v) is 9.58. The molecule has 0 heterocycles. The van der Waals surface area contributed by atoms with Crippen molar-refractivity contribution in [3.63, 3.8) is 0 Å². The molecule has 0 aliphatic heterocycles. The summed E-state index contributed by atoms with van der Waals surface area (Å²) in [5, 5.41) is 2.76. The molecule has 168 valence electrons. The molecular formula is C25H28N2O4S. The van der Waals surface area contributed by atoms with Crippen molar-refractivity contribution in [3.8, 4) is 5.75 Å². The molecule has 0 aliphatic rings. The highest BCUT2D eigenvalue weighted by molar-refractivity contribution is 7.92. The molecule has 0 fully saturated rings. The van der Waals surface area contributed by atoms with Crippen LogP contribution in [-0.2, 0) is 14.8 Å². The molecule has 0 saturated heterocycles. The summed E-state index contributed by atoms with van der Waals surface area (Å²) in [4.78, 5) is 12.6. The van der Waals surface area contributed by atoms with E-state index in [1.807, 2.05) is 58.0 Å². The number of aryl methyl sites for hydroxylation is 3. The van der Waals surface area contributed by atoms with Crippen LogP contribution in [0.15, 0.2) is 65.6 Å². The lowest BCUT2D eigenvalue weighted by Gasteiger charge is -2.17. The zero-order valence-corrected chi connectivity index (χ0v) is 19.7. The molecule has 0 bridgehead atoms. The Bertz CT molecular complexity index is 1240. The van der Waals surface area contributed by atoms with E-state index in [4.69, 9.17) is 4.74 Å². The Balaban J connectivity index is 1.67. The average Bonchev–Trinajstić information content (AvgIpc) is 2.74. The molecule has 0 spiro atoms. The van der Waals surface area contributed by atoms with E-state index in [2.05, 4.69) is 10.0 Å². The molecule has 6 nitrogen and oxygen atoms in total. The summed E-state index contributed by atoms with van der Waals surface area (Å²) in [5.74, 6) is 0.335. The molecule has 32 heavy (non-hydrogen) atoms. The van der Waals surface area contributed by atoms with Gasteiger partial charge in [-0.05, 0) is 87.7 Å². The molecule has 2 N–H and O–H groups in total. The first-order valence-electron chi connectivity index (χ1n) is 10.3. The molecule has 1 atom stereocenters. The average molecular weight is 453 g/mol. The SMILES string of the molecule is Cc1ccc(NS(=O)(=O)c2ccc(NC(=O)C(C)Oc3cccc(C)c3C)cc2)c(C)c1. The fourth-order valence-electron chi connectivity index (χ4n) is 3.19. The van der Waals surface area contributed by atoms with Crippen LogP contribution in [0.5, 0.6) is 5.75 Å². The predicted molar refractivity (Wildman–Crippen MR) is 128 cm³/mol. The molecule has 1 amide bonds. The first-order chi connectivity index (χ1) is 15.1. The van der Waals surface area contributed by atoms with Gasteiger partial charge in [0.2, 0.25) is 0 Å². The minimum atomic E-state index is -3.75. The van der Waals surface area contributed by atoms with E-state index < -0.39 is 16.1 Å². The fraction of sp³-hybridized carbons (Fsp3) is 0.240. The summed E-state index contributed by atoms with van der Waals surface area (Å²) in [7, 11) is -3.75. The lowest BCUT2D eigenvalue weighted by Crippen LogP contribution is -2.30. The maximum atomic E-state index is 12.7. The van der Waals surface area contributed by atoms with Crippen LogP contribution in [0, 0.1) is 27.7 Å². The Morgan fingerprint density at radius 2 is 1.59 bits per heavy atom. The number of anilines is 2. The maximum Gasteiger partial charge on any atom is 0.265 e. The number of hydrogen-bond acceptors (Lipinski definition) is 4. The third-order valence-electron chi connectivity index (χ3n) is 5.29. The second-order valence-electron chi connectivity index (χ2n) is 7.90. The highest BCUT2D eigenvalue weighted by Crippen LogP contribution is 2.23. The van der Waals surface area contributed by atoms with Crippen molar-refractivity contribution < 1.29 is 17.9 Å². The molecule has 0 radical (unpaired) electrons. The lowest BCUT2D eigenvalue weighted by molar-refractivity contribution is -0.122. The summed E-state index contributed by atoms with van der Waals surface area (Å²) in [6, 6.07) is 17.2. The van der Waals surface area contributed by atoms with E-state index in [-0.39, 0.29) is 10.8 Å². The van der Waals surface area contributed by atoms with Gasteiger partial charge in [0.05, 0.1) is 10.6 Å². The monoisotopic (exact) mass is 452 g/mol. The quantitative estimate of drug-likeness (QED) is 0.521. The Morgan fingerprint density at radius 3 is 2.25 bits per heavy atom. The minimum Gasteiger partial charge on any atom is -0.481 e. The van der Waals surface area contributed by atoms with Crippen LogP contribution < -0.4 is 14.8 Å². The number of benzene rings is 3. The molecule has 3 aromatic rings. The van der Waals surface area contributed by atoms with Gasteiger partial charge in [0.1, 0.15) is 5.75 Å². The number of carbonyl (C=O) groups is 1. The van der Waals surface area contributed by atoms with Crippen LogP contribution in [0.25, 0.3) is 0 Å². The van der Waals surface area contributed by atoms with Crippen molar-refractivity contribution in [3.05, 3.63) is 82.9 Å². The number of nitrogens with one attached hydrogen (secondary N) is 2. The number of amides is 1. The van der Waals surface area contributed by atoms with E-state index in [0.717, 1.165) is 22.3 Å². The van der Waals surface area contributed by atoms with Crippen LogP contribution in [0.1, 0.15) is 29.2 Å². The molecule has 0 saturated carbocycles. The normalized spacial score (nSPS) is 12.2. The molecular weight excluding hydrogens is 424 g/mol. The smallest absolute Gasteiger partial charge is 0.265 e. The molecule has 3 aromatic carbocycles. The number of hydrogen-bond donors (Lipinski definition) is 2. The molecule has 7 heteroatoms. The van der Waals surface area contributed by atoms with Gasteiger partial charge in [0, 0.05) is 5.69 Å². The van der Waals surface area contributed by atoms with E-state index >= 15 is 0 Å². The van der Waals surface area contributed by atoms with Crippen molar-refractivity contribution in [1.29, 1.82) is 0 Å². The van der Waals surface area contributed by atoms with E-state index in [9.17, 15) is 13.2 Å². The highest BCUT2D eigenvalue weighted by atomic mass is 32.2. The van der Waals surface area contributed by atoms with E-state index in [0.29, 0.717) is 17.1 Å². The summed E-state index contributed by atoms with van der Waals surface area (Å²) in [6.07, 6.45) is -0.718. The zero-order valence-electron chi connectivity index (χ0n) is 18.9. The van der Waals surface area contributed by atoms with Crippen molar-refractivity contribution >= 4 is 27.3 Å². The summed E-state index contributed by atoms with van der Waals surface area (Å²) in [5.41, 5.74) is 4.98. The fourth-order valence-corrected chi connectivity index (χ4v) is 4.32. The van der Waals surface area contributed by atoms with Crippen LogP contribution in [0.3, 0.4) is 0 Å². The van der Waals surface area contributed by atoms with E-state index in [1.165, 1.54) is 12.1 Å². The third kappa shape index (κ3) is 5.48. The van der Waals surface area contributed by atoms with Gasteiger partial charge in [0.15, 0.2) is 6.10 Å². The third-order valence-corrected chi connectivity index (χ3v) is 6.67. The van der Waals surface area contributed by atoms with Gasteiger partial charge in [-0.15, -0.1) is 0 Å². The van der Waals surface area contributed by atoms with Crippen molar-refractivity contribution in [2.75, 3.05) is 10.0 Å². The van der Waals surface area contributed by atoms with Crippen molar-refractivity contribution in [2.24, 2.45) is 0 Å². The van der Waals surface area contributed by atoms with Gasteiger partial charge in [-0.2, -0.15) is 0 Å². The molecule has 3 rings (SSSR count). The Hall–Kier alpha value is -3.32. The van der Waals surface area contributed by atoms with Gasteiger partial charge in [-0.1, -0.05) is 29.8 Å². The highest BCUT2D eigenvalue weighted by Gasteiger charge is 2.18. The van der Waals surface area contributed by atoms with Crippen LogP contribution in [0.2, 0.25) is 0 Å². The first-order valence-corrected chi connectivity index (χ1v) is 11.8. The number of rotatable bonds is 7. The van der Waals surface area contributed by atoms with Gasteiger partial charge in [-0.25, -0.2) is 8.42 Å². The van der Waals surface area contributed by atoms with Gasteiger partial charge < -0.3 is 10.1 Å². The standard InChI is InChI=1S/C25H28N2O4S/c1-16-9-14-23(18(3)15-16)27-32(29,30)22-12-10-21(11-13-22)26-25(28)20(5)31-24-8-6-7-17(2)19(24)4/h6-15,20,27H,1-5H3,(H,26,28). The van der Waals surface area contributed by atoms with Gasteiger partial charge in [0.25, 0.3) is 15.9 Å². The number of sulfonamides is 1. The summed E-state index contributed by atoms with van der Waals surface area (Å²) >= 11 is 0. The Labute approximate surface area is 189 Å². The molecule has 1 unspecified atom stereocenters. The Morgan fingerprint density at radius 1 is 0.906 bits per heavy atom. The number of carbonyl (C=O) groups excluding carboxylic acids is 1. The minimum absolute atomic E-state index is 0.107. The maximum absolute atomic E-state index is 12.7. The first kappa shape index (κ1) is 23.3. The Kier molecular flexibility index (Phi) is 6.89. The molecule has 0 aromatic heterocycles. The number of ether oxygens (including phenoxy) is 1. The lowest BCUT2D eigenvalue weighted by atomic mass is 10.1. The zero-order chi connectivity index (χ0) is 23.5. The second kappa shape index (κ2) is 9.44. The van der Waals surface area contributed by atoms with Gasteiger partial charge >= 0.3 is 0 Å². The molecule has 0 aliphatic carbocycles. The largest absolute Gasteiger partial charge is 0.481 e. The topological polar surface area (TPSA) is 84.5 Å². The van der Waals surface area contributed by atoms with Crippen molar-refractivity contribution in [1.82, 2.24) is 0 Å².